The van der Waals surface area contributed by atoms with Gasteiger partial charge < -0.3 is 9.88 Å². The highest BCUT2D eigenvalue weighted by molar-refractivity contribution is 7.99. The first-order chi connectivity index (χ1) is 7.77. The Kier molecular flexibility index (Phi) is 3.88. The molecule has 1 aliphatic carbocycles. The standard InChI is InChI=1S/C11H17N3OS/c1-14-7-5-13-11(14)16-8-6-12-10(15)9-3-2-4-9/h5,7,9H,2-4,6,8H2,1H3,(H,12,15). The van der Waals surface area contributed by atoms with Crippen LogP contribution in [0.1, 0.15) is 19.3 Å². The SMILES string of the molecule is Cn1ccnc1SCCNC(=O)C1CCC1. The van der Waals surface area contributed by atoms with Gasteiger partial charge in [0.2, 0.25) is 5.91 Å². The van der Waals surface area contributed by atoms with Crippen molar-refractivity contribution in [3.05, 3.63) is 12.4 Å². The third-order valence-electron chi connectivity index (χ3n) is 2.89. The minimum Gasteiger partial charge on any atom is -0.355 e. The Labute approximate surface area is 99.8 Å². The second-order valence-corrected chi connectivity index (χ2v) is 5.15. The average Bonchev–Trinajstić information content (AvgIpc) is 2.56. The highest BCUT2D eigenvalue weighted by Crippen LogP contribution is 2.26. The zero-order chi connectivity index (χ0) is 11.4. The number of hydrogen-bond acceptors (Lipinski definition) is 3. The number of rotatable bonds is 5. The lowest BCUT2D eigenvalue weighted by atomic mass is 9.85. The molecule has 1 saturated carbocycles. The molecule has 0 unspecified atom stereocenters. The van der Waals surface area contributed by atoms with Crippen LogP contribution in [0.3, 0.4) is 0 Å². The zero-order valence-corrected chi connectivity index (χ0v) is 10.3. The quantitative estimate of drug-likeness (QED) is 0.624. The third-order valence-corrected chi connectivity index (χ3v) is 3.95. The highest BCUT2D eigenvalue weighted by atomic mass is 32.2. The van der Waals surface area contributed by atoms with Crippen molar-refractivity contribution in [2.75, 3.05) is 12.3 Å². The average molecular weight is 239 g/mol. The minimum absolute atomic E-state index is 0.228. The van der Waals surface area contributed by atoms with E-state index in [1.54, 1.807) is 18.0 Å². The molecule has 1 aliphatic rings. The van der Waals surface area contributed by atoms with Crippen LogP contribution in [0.4, 0.5) is 0 Å². The van der Waals surface area contributed by atoms with E-state index in [1.807, 2.05) is 17.8 Å². The molecule has 4 nitrogen and oxygen atoms in total. The molecule has 0 atom stereocenters. The van der Waals surface area contributed by atoms with Crippen molar-refractivity contribution in [2.45, 2.75) is 24.4 Å². The Morgan fingerprint density at radius 1 is 1.69 bits per heavy atom. The molecule has 0 bridgehead atoms. The predicted octanol–water partition coefficient (Wildman–Crippen LogP) is 1.43. The molecule has 2 rings (SSSR count). The maximum atomic E-state index is 11.5. The third kappa shape index (κ3) is 2.78. The Hall–Kier alpha value is -0.970. The summed E-state index contributed by atoms with van der Waals surface area (Å²) in [5.74, 6) is 1.40. The van der Waals surface area contributed by atoms with Gasteiger partial charge in [-0.1, -0.05) is 18.2 Å². The normalized spacial score (nSPS) is 15.8. The van der Waals surface area contributed by atoms with Gasteiger partial charge >= 0.3 is 0 Å². The summed E-state index contributed by atoms with van der Waals surface area (Å²) < 4.78 is 1.98. The molecule has 16 heavy (non-hydrogen) atoms. The molecule has 1 N–H and O–H groups in total. The summed E-state index contributed by atoms with van der Waals surface area (Å²) in [6, 6.07) is 0. The van der Waals surface area contributed by atoms with Gasteiger partial charge in [0.15, 0.2) is 5.16 Å². The summed E-state index contributed by atoms with van der Waals surface area (Å²) in [6.07, 6.45) is 7.06. The number of amides is 1. The Morgan fingerprint density at radius 2 is 2.50 bits per heavy atom. The number of carbonyl (C=O) groups excluding carboxylic acids is 1. The fraction of sp³-hybridized carbons (Fsp3) is 0.636. The summed E-state index contributed by atoms with van der Waals surface area (Å²) in [7, 11) is 1.97. The molecule has 1 fully saturated rings. The molecular formula is C11H17N3OS. The van der Waals surface area contributed by atoms with Crippen LogP contribution < -0.4 is 5.32 Å². The molecule has 1 amide bonds. The fourth-order valence-electron chi connectivity index (χ4n) is 1.62. The summed E-state index contributed by atoms with van der Waals surface area (Å²) in [6.45, 7) is 0.729. The number of thioether (sulfide) groups is 1. The molecule has 0 aliphatic heterocycles. The van der Waals surface area contributed by atoms with E-state index in [4.69, 9.17) is 0 Å². The Morgan fingerprint density at radius 3 is 3.06 bits per heavy atom. The molecule has 0 saturated heterocycles. The molecular weight excluding hydrogens is 222 g/mol. The van der Waals surface area contributed by atoms with Crippen molar-refractivity contribution in [1.82, 2.24) is 14.9 Å². The second kappa shape index (κ2) is 5.39. The molecule has 88 valence electrons. The second-order valence-electron chi connectivity index (χ2n) is 4.09. The molecule has 0 aromatic carbocycles. The van der Waals surface area contributed by atoms with E-state index in [0.29, 0.717) is 0 Å². The summed E-state index contributed by atoms with van der Waals surface area (Å²) in [5, 5.41) is 3.97. The lowest BCUT2D eigenvalue weighted by Crippen LogP contribution is -2.35. The van der Waals surface area contributed by atoms with Crippen LogP contribution in [0.5, 0.6) is 0 Å². The van der Waals surface area contributed by atoms with E-state index >= 15 is 0 Å². The number of imidazole rings is 1. The van der Waals surface area contributed by atoms with Gasteiger partial charge in [0, 0.05) is 37.7 Å². The minimum atomic E-state index is 0.228. The molecule has 0 spiro atoms. The van der Waals surface area contributed by atoms with Crippen molar-refractivity contribution in [3.8, 4) is 0 Å². The summed E-state index contributed by atoms with van der Waals surface area (Å²) in [5.41, 5.74) is 0. The van der Waals surface area contributed by atoms with Gasteiger partial charge in [0.1, 0.15) is 0 Å². The van der Waals surface area contributed by atoms with Crippen molar-refractivity contribution >= 4 is 17.7 Å². The topological polar surface area (TPSA) is 46.9 Å². The molecule has 0 radical (unpaired) electrons. The number of aryl methyl sites for hydroxylation is 1. The monoisotopic (exact) mass is 239 g/mol. The van der Waals surface area contributed by atoms with E-state index in [-0.39, 0.29) is 11.8 Å². The van der Waals surface area contributed by atoms with Crippen LogP contribution in [-0.2, 0) is 11.8 Å². The lowest BCUT2D eigenvalue weighted by molar-refractivity contribution is -0.127. The summed E-state index contributed by atoms with van der Waals surface area (Å²) in [4.78, 5) is 15.7. The van der Waals surface area contributed by atoms with Gasteiger partial charge in [-0.25, -0.2) is 4.98 Å². The van der Waals surface area contributed by atoms with Crippen LogP contribution in [0.25, 0.3) is 0 Å². The molecule has 1 heterocycles. The summed E-state index contributed by atoms with van der Waals surface area (Å²) >= 11 is 1.67. The van der Waals surface area contributed by atoms with Crippen molar-refractivity contribution in [3.63, 3.8) is 0 Å². The number of aromatic nitrogens is 2. The molecule has 1 aromatic rings. The van der Waals surface area contributed by atoms with Gasteiger partial charge in [-0.3, -0.25) is 4.79 Å². The Bertz CT molecular complexity index is 360. The lowest BCUT2D eigenvalue weighted by Gasteiger charge is -2.23. The van der Waals surface area contributed by atoms with Crippen LogP contribution in [-0.4, -0.2) is 27.8 Å². The highest BCUT2D eigenvalue weighted by Gasteiger charge is 2.24. The van der Waals surface area contributed by atoms with Crippen LogP contribution in [0, 0.1) is 5.92 Å². The molecule has 5 heteroatoms. The maximum Gasteiger partial charge on any atom is 0.223 e. The van der Waals surface area contributed by atoms with Crippen molar-refractivity contribution < 1.29 is 4.79 Å². The largest absolute Gasteiger partial charge is 0.355 e. The predicted molar refractivity (Wildman–Crippen MR) is 64.3 cm³/mol. The number of carbonyl (C=O) groups is 1. The van der Waals surface area contributed by atoms with Gasteiger partial charge in [0.25, 0.3) is 0 Å². The number of nitrogens with zero attached hydrogens (tertiary/aromatic N) is 2. The smallest absolute Gasteiger partial charge is 0.223 e. The van der Waals surface area contributed by atoms with Crippen molar-refractivity contribution in [2.24, 2.45) is 13.0 Å². The Balaban J connectivity index is 1.61. The van der Waals surface area contributed by atoms with E-state index < -0.39 is 0 Å². The number of hydrogen-bond donors (Lipinski definition) is 1. The van der Waals surface area contributed by atoms with E-state index in [1.165, 1.54) is 6.42 Å². The van der Waals surface area contributed by atoms with Gasteiger partial charge in [-0.15, -0.1) is 0 Å². The van der Waals surface area contributed by atoms with Crippen LogP contribution >= 0.6 is 11.8 Å². The van der Waals surface area contributed by atoms with E-state index in [0.717, 1.165) is 30.3 Å². The first-order valence-electron chi connectivity index (χ1n) is 5.65. The molecule has 1 aromatic heterocycles. The van der Waals surface area contributed by atoms with Crippen molar-refractivity contribution in [1.29, 1.82) is 0 Å². The van der Waals surface area contributed by atoms with Gasteiger partial charge in [-0.05, 0) is 12.8 Å². The number of nitrogens with one attached hydrogen (secondary N) is 1. The first-order valence-corrected chi connectivity index (χ1v) is 6.64. The van der Waals surface area contributed by atoms with Gasteiger partial charge in [-0.2, -0.15) is 0 Å². The van der Waals surface area contributed by atoms with Gasteiger partial charge in [0.05, 0.1) is 0 Å². The van der Waals surface area contributed by atoms with E-state index in [2.05, 4.69) is 10.3 Å². The zero-order valence-electron chi connectivity index (χ0n) is 9.48. The van der Waals surface area contributed by atoms with E-state index in [9.17, 15) is 4.79 Å². The van der Waals surface area contributed by atoms with Crippen LogP contribution in [0.15, 0.2) is 17.6 Å². The maximum absolute atomic E-state index is 11.5. The van der Waals surface area contributed by atoms with Crippen LogP contribution in [0.2, 0.25) is 0 Å². The fourth-order valence-corrected chi connectivity index (χ4v) is 2.41. The first kappa shape index (κ1) is 11.5.